The van der Waals surface area contributed by atoms with Gasteiger partial charge in [0.25, 0.3) is 0 Å². The molecule has 0 bridgehead atoms. The highest BCUT2D eigenvalue weighted by molar-refractivity contribution is 5.82. The van der Waals surface area contributed by atoms with Gasteiger partial charge < -0.3 is 15.1 Å². The lowest BCUT2D eigenvalue weighted by Gasteiger charge is -2.10. The van der Waals surface area contributed by atoms with Gasteiger partial charge in [-0.1, -0.05) is 24.3 Å². The number of para-hydroxylation sites is 1. The summed E-state index contributed by atoms with van der Waals surface area (Å²) in [4.78, 5) is 8.86. The number of nitrogens with one attached hydrogen (secondary N) is 2. The second-order valence-electron chi connectivity index (χ2n) is 5.52. The van der Waals surface area contributed by atoms with Crippen LogP contribution in [-0.4, -0.2) is 17.5 Å². The van der Waals surface area contributed by atoms with E-state index in [-0.39, 0.29) is 0 Å². The molecule has 0 saturated carbocycles. The van der Waals surface area contributed by atoms with Crippen LogP contribution in [0.15, 0.2) is 58.1 Å². The monoisotopic (exact) mass is 322 g/mol. The molecule has 124 valence electrons. The second kappa shape index (κ2) is 7.64. The highest BCUT2D eigenvalue weighted by Crippen LogP contribution is 2.24. The third-order valence-electron chi connectivity index (χ3n) is 3.83. The predicted molar refractivity (Wildman–Crippen MR) is 96.8 cm³/mol. The maximum Gasteiger partial charge on any atom is 0.192 e. The molecule has 5 heteroatoms. The predicted octanol–water partition coefficient (Wildman–Crippen LogP) is 3.39. The third-order valence-corrected chi connectivity index (χ3v) is 3.83. The van der Waals surface area contributed by atoms with E-state index in [4.69, 9.17) is 4.42 Å². The topological polar surface area (TPSA) is 62.5 Å². The van der Waals surface area contributed by atoms with Gasteiger partial charge in [-0.05, 0) is 32.0 Å². The Morgan fingerprint density at radius 3 is 2.71 bits per heavy atom. The summed E-state index contributed by atoms with van der Waals surface area (Å²) in [6, 6.07) is 13.9. The van der Waals surface area contributed by atoms with E-state index < -0.39 is 0 Å². The lowest BCUT2D eigenvalue weighted by Crippen LogP contribution is -2.36. The summed E-state index contributed by atoms with van der Waals surface area (Å²) in [5.74, 6) is 1.68. The summed E-state index contributed by atoms with van der Waals surface area (Å²) in [6.45, 7) is 6.06. The number of aromatic nitrogens is 1. The first-order chi connectivity index (χ1) is 11.8. The molecule has 0 unspecified atom stereocenters. The quantitative estimate of drug-likeness (QED) is 0.558. The number of guanidine groups is 1. The summed E-state index contributed by atoms with van der Waals surface area (Å²) in [5, 5.41) is 7.73. The molecule has 3 aromatic rings. The average Bonchev–Trinajstić information content (AvgIpc) is 2.95. The second-order valence-corrected chi connectivity index (χ2v) is 5.52. The van der Waals surface area contributed by atoms with Crippen LogP contribution in [-0.2, 0) is 13.1 Å². The Labute approximate surface area is 141 Å². The van der Waals surface area contributed by atoms with Crippen molar-refractivity contribution in [1.29, 1.82) is 0 Å². The molecule has 3 rings (SSSR count). The largest absolute Gasteiger partial charge is 0.459 e. The molecule has 0 spiro atoms. The minimum absolute atomic E-state index is 0.537. The standard InChI is InChI=1S/C19H22N4O/c1-3-20-19(22-12-15-8-6-7-11-21-15)23-13-18-14(2)16-9-4-5-10-17(16)24-18/h4-11H,3,12-13H2,1-2H3,(H2,20,22,23). The lowest BCUT2D eigenvalue weighted by atomic mass is 10.1. The maximum absolute atomic E-state index is 5.93. The fourth-order valence-corrected chi connectivity index (χ4v) is 2.55. The molecular formula is C19H22N4O. The summed E-state index contributed by atoms with van der Waals surface area (Å²) < 4.78 is 5.93. The van der Waals surface area contributed by atoms with Crippen LogP contribution in [0.2, 0.25) is 0 Å². The first-order valence-electron chi connectivity index (χ1n) is 8.17. The Morgan fingerprint density at radius 1 is 1.12 bits per heavy atom. The summed E-state index contributed by atoms with van der Waals surface area (Å²) in [7, 11) is 0. The van der Waals surface area contributed by atoms with Crippen LogP contribution in [0.25, 0.3) is 11.0 Å². The number of benzene rings is 1. The zero-order valence-electron chi connectivity index (χ0n) is 14.0. The van der Waals surface area contributed by atoms with E-state index >= 15 is 0 Å². The van der Waals surface area contributed by atoms with Crippen LogP contribution in [0.5, 0.6) is 0 Å². The van der Waals surface area contributed by atoms with E-state index in [1.165, 1.54) is 5.56 Å². The van der Waals surface area contributed by atoms with E-state index in [9.17, 15) is 0 Å². The van der Waals surface area contributed by atoms with E-state index in [1.54, 1.807) is 6.20 Å². The van der Waals surface area contributed by atoms with Gasteiger partial charge >= 0.3 is 0 Å². The molecule has 2 N–H and O–H groups in total. The van der Waals surface area contributed by atoms with Gasteiger partial charge in [0.05, 0.1) is 18.8 Å². The highest BCUT2D eigenvalue weighted by Gasteiger charge is 2.10. The number of hydrogen-bond donors (Lipinski definition) is 2. The molecule has 0 amide bonds. The summed E-state index contributed by atoms with van der Waals surface area (Å²) in [6.07, 6.45) is 1.78. The van der Waals surface area contributed by atoms with Crippen molar-refractivity contribution >= 4 is 16.9 Å². The fraction of sp³-hybridized carbons (Fsp3) is 0.263. The van der Waals surface area contributed by atoms with E-state index in [0.717, 1.165) is 34.9 Å². The van der Waals surface area contributed by atoms with Gasteiger partial charge in [0.15, 0.2) is 5.96 Å². The Kier molecular flexibility index (Phi) is 5.11. The zero-order chi connectivity index (χ0) is 16.8. The number of pyridine rings is 1. The number of hydrogen-bond acceptors (Lipinski definition) is 3. The average molecular weight is 322 g/mol. The van der Waals surface area contributed by atoms with Crippen LogP contribution in [0.1, 0.15) is 23.9 Å². The van der Waals surface area contributed by atoms with Crippen LogP contribution in [0.3, 0.4) is 0 Å². The van der Waals surface area contributed by atoms with Crippen molar-refractivity contribution in [3.63, 3.8) is 0 Å². The molecule has 2 aromatic heterocycles. The molecule has 0 atom stereocenters. The molecule has 24 heavy (non-hydrogen) atoms. The normalized spacial score (nSPS) is 11.7. The van der Waals surface area contributed by atoms with Crippen molar-refractivity contribution in [2.45, 2.75) is 26.9 Å². The van der Waals surface area contributed by atoms with Gasteiger partial charge in [-0.15, -0.1) is 0 Å². The van der Waals surface area contributed by atoms with Crippen molar-refractivity contribution < 1.29 is 4.42 Å². The summed E-state index contributed by atoms with van der Waals surface area (Å²) >= 11 is 0. The van der Waals surface area contributed by atoms with Crippen molar-refractivity contribution in [2.24, 2.45) is 4.99 Å². The van der Waals surface area contributed by atoms with E-state index in [1.807, 2.05) is 43.3 Å². The van der Waals surface area contributed by atoms with Crippen molar-refractivity contribution in [3.8, 4) is 0 Å². The van der Waals surface area contributed by atoms with Crippen molar-refractivity contribution in [3.05, 3.63) is 65.7 Å². The Bertz CT molecular complexity index is 824. The van der Waals surface area contributed by atoms with Crippen molar-refractivity contribution in [2.75, 3.05) is 6.54 Å². The zero-order valence-corrected chi connectivity index (χ0v) is 14.0. The molecule has 0 aliphatic heterocycles. The SMILES string of the molecule is CCNC(=NCc1ccccn1)NCc1oc2ccccc2c1C. The van der Waals surface area contributed by atoms with Crippen molar-refractivity contribution in [1.82, 2.24) is 15.6 Å². The van der Waals surface area contributed by atoms with Gasteiger partial charge in [0, 0.05) is 23.7 Å². The number of aliphatic imine (C=N–C) groups is 1. The number of furan rings is 1. The minimum Gasteiger partial charge on any atom is -0.459 e. The molecule has 0 aliphatic carbocycles. The molecule has 0 aliphatic rings. The maximum atomic E-state index is 5.93. The molecule has 5 nitrogen and oxygen atoms in total. The molecule has 0 radical (unpaired) electrons. The van der Waals surface area contributed by atoms with Crippen LogP contribution >= 0.6 is 0 Å². The number of fused-ring (bicyclic) bond motifs is 1. The first-order valence-corrected chi connectivity index (χ1v) is 8.17. The fourth-order valence-electron chi connectivity index (χ4n) is 2.55. The number of aryl methyl sites for hydroxylation is 1. The highest BCUT2D eigenvalue weighted by atomic mass is 16.3. The van der Waals surface area contributed by atoms with Crippen LogP contribution in [0.4, 0.5) is 0 Å². The van der Waals surface area contributed by atoms with Gasteiger partial charge in [0.1, 0.15) is 11.3 Å². The Morgan fingerprint density at radius 2 is 1.96 bits per heavy atom. The minimum atomic E-state index is 0.537. The van der Waals surface area contributed by atoms with E-state index in [2.05, 4.69) is 33.6 Å². The summed E-state index contributed by atoms with van der Waals surface area (Å²) in [5.41, 5.74) is 3.02. The molecule has 0 fully saturated rings. The Hall–Kier alpha value is -2.82. The lowest BCUT2D eigenvalue weighted by molar-refractivity contribution is 0.534. The third kappa shape index (κ3) is 3.74. The molecular weight excluding hydrogens is 300 g/mol. The van der Waals surface area contributed by atoms with Gasteiger partial charge in [-0.2, -0.15) is 0 Å². The van der Waals surface area contributed by atoms with Gasteiger partial charge in [-0.3, -0.25) is 4.98 Å². The van der Waals surface area contributed by atoms with Crippen LogP contribution < -0.4 is 10.6 Å². The number of nitrogens with zero attached hydrogens (tertiary/aromatic N) is 2. The first kappa shape index (κ1) is 16.1. The smallest absolute Gasteiger partial charge is 0.192 e. The number of rotatable bonds is 5. The van der Waals surface area contributed by atoms with Gasteiger partial charge in [-0.25, -0.2) is 4.99 Å². The molecule has 1 aromatic carbocycles. The molecule has 2 heterocycles. The molecule has 0 saturated heterocycles. The Balaban J connectivity index is 1.70. The van der Waals surface area contributed by atoms with Gasteiger partial charge in [0.2, 0.25) is 0 Å². The van der Waals surface area contributed by atoms with Crippen LogP contribution in [0, 0.1) is 6.92 Å². The van der Waals surface area contributed by atoms with E-state index in [0.29, 0.717) is 13.1 Å².